The summed E-state index contributed by atoms with van der Waals surface area (Å²) in [4.78, 5) is 34.2. The van der Waals surface area contributed by atoms with E-state index in [0.29, 0.717) is 29.6 Å². The van der Waals surface area contributed by atoms with Crippen LogP contribution in [0.5, 0.6) is 0 Å². The number of hydrogen-bond donors (Lipinski definition) is 0. The first-order valence-corrected chi connectivity index (χ1v) is 9.37. The van der Waals surface area contributed by atoms with E-state index in [1.807, 2.05) is 6.08 Å². The van der Waals surface area contributed by atoms with Crippen LogP contribution in [0.3, 0.4) is 0 Å². The smallest absolute Gasteiger partial charge is 0.270 e. The molecule has 2 aliphatic rings. The van der Waals surface area contributed by atoms with Crippen molar-refractivity contribution in [2.24, 2.45) is 0 Å². The molecule has 2 fully saturated rings. The molecule has 0 radical (unpaired) electrons. The van der Waals surface area contributed by atoms with Crippen LogP contribution < -0.4 is 4.90 Å². The molecule has 1 saturated carbocycles. The van der Waals surface area contributed by atoms with Gasteiger partial charge >= 0.3 is 0 Å². The fourth-order valence-corrected chi connectivity index (χ4v) is 3.59. The van der Waals surface area contributed by atoms with Crippen molar-refractivity contribution in [1.82, 2.24) is 9.97 Å². The molecule has 1 aromatic heterocycles. The molecule has 28 heavy (non-hydrogen) atoms. The second kappa shape index (κ2) is 7.72. The molecule has 0 spiro atoms. The summed E-state index contributed by atoms with van der Waals surface area (Å²) in [5.74, 6) is 0.721. The number of benzene rings is 1. The number of aromatic nitrogens is 2. The van der Waals surface area contributed by atoms with Crippen molar-refractivity contribution in [3.8, 4) is 0 Å². The summed E-state index contributed by atoms with van der Waals surface area (Å²) in [6, 6.07) is 6.31. The van der Waals surface area contributed by atoms with Crippen molar-refractivity contribution in [3.05, 3.63) is 69.0 Å². The van der Waals surface area contributed by atoms with Crippen molar-refractivity contribution < 1.29 is 9.72 Å². The number of anilines is 1. The van der Waals surface area contributed by atoms with Gasteiger partial charge in [0.15, 0.2) is 5.78 Å². The quantitative estimate of drug-likeness (QED) is 0.458. The number of non-ortho nitro benzene ring substituents is 1. The monoisotopic (exact) mass is 376 g/mol. The predicted molar refractivity (Wildman–Crippen MR) is 107 cm³/mol. The van der Waals surface area contributed by atoms with E-state index in [-0.39, 0.29) is 11.5 Å². The molecule has 1 aliphatic carbocycles. The van der Waals surface area contributed by atoms with Crippen LogP contribution in [0.2, 0.25) is 0 Å². The Kier molecular flexibility index (Phi) is 4.97. The second-order valence-electron chi connectivity index (χ2n) is 7.03. The number of carbonyl (C=O) groups excluding carboxylic acids is 1. The fraction of sp³-hybridized carbons (Fsp3) is 0.286. The Bertz CT molecular complexity index is 973. The van der Waals surface area contributed by atoms with Gasteiger partial charge < -0.3 is 4.90 Å². The van der Waals surface area contributed by atoms with Gasteiger partial charge in [-0.25, -0.2) is 9.97 Å². The number of nitro groups is 1. The van der Waals surface area contributed by atoms with E-state index in [1.165, 1.54) is 25.0 Å². The van der Waals surface area contributed by atoms with Gasteiger partial charge in [0.2, 0.25) is 5.95 Å². The van der Waals surface area contributed by atoms with E-state index in [4.69, 9.17) is 0 Å². The summed E-state index contributed by atoms with van der Waals surface area (Å²) < 4.78 is 0. The minimum Gasteiger partial charge on any atom is -0.341 e. The van der Waals surface area contributed by atoms with E-state index in [1.54, 1.807) is 30.6 Å². The Morgan fingerprint density at radius 3 is 2.29 bits per heavy atom. The molecule has 2 aromatic rings. The maximum Gasteiger partial charge on any atom is 0.270 e. The number of nitro benzene ring substituents is 1. The number of nitrogens with zero attached hydrogens (tertiary/aromatic N) is 4. The second-order valence-corrected chi connectivity index (χ2v) is 7.03. The molecule has 2 heterocycles. The van der Waals surface area contributed by atoms with Gasteiger partial charge in [-0.05, 0) is 43.4 Å². The molecule has 0 unspecified atom stereocenters. The zero-order valence-electron chi connectivity index (χ0n) is 15.4. The van der Waals surface area contributed by atoms with E-state index in [9.17, 15) is 14.9 Å². The third-order valence-corrected chi connectivity index (χ3v) is 5.06. The summed E-state index contributed by atoms with van der Waals surface area (Å²) in [5, 5.41) is 10.9. The van der Waals surface area contributed by atoms with Crippen molar-refractivity contribution in [1.29, 1.82) is 0 Å². The Morgan fingerprint density at radius 1 is 1.00 bits per heavy atom. The lowest BCUT2D eigenvalue weighted by atomic mass is 10.1. The van der Waals surface area contributed by atoms with Crippen LogP contribution in [0.15, 0.2) is 47.8 Å². The van der Waals surface area contributed by atoms with Gasteiger partial charge in [0.05, 0.1) is 4.92 Å². The first kappa shape index (κ1) is 18.0. The molecule has 1 aliphatic heterocycles. The van der Waals surface area contributed by atoms with Crippen LogP contribution in [-0.4, -0.2) is 33.8 Å². The lowest BCUT2D eigenvalue weighted by Gasteiger charge is -2.14. The summed E-state index contributed by atoms with van der Waals surface area (Å²) in [6.07, 6.45) is 10.7. The van der Waals surface area contributed by atoms with Gasteiger partial charge in [0, 0.05) is 54.3 Å². The highest BCUT2D eigenvalue weighted by molar-refractivity contribution is 6.15. The van der Waals surface area contributed by atoms with Crippen LogP contribution in [0.4, 0.5) is 11.6 Å². The highest BCUT2D eigenvalue weighted by Crippen LogP contribution is 2.30. The van der Waals surface area contributed by atoms with Crippen molar-refractivity contribution in [3.63, 3.8) is 0 Å². The first-order valence-electron chi connectivity index (χ1n) is 9.37. The van der Waals surface area contributed by atoms with E-state index in [2.05, 4.69) is 14.9 Å². The summed E-state index contributed by atoms with van der Waals surface area (Å²) in [5.41, 5.74) is 2.88. The highest BCUT2D eigenvalue weighted by atomic mass is 16.6. The molecule has 0 bridgehead atoms. The molecule has 0 N–H and O–H groups in total. The average Bonchev–Trinajstić information content (AvgIpc) is 3.35. The lowest BCUT2D eigenvalue weighted by Crippen LogP contribution is -2.20. The molecule has 0 amide bonds. The maximum atomic E-state index is 12.7. The Balaban J connectivity index is 1.50. The van der Waals surface area contributed by atoms with Gasteiger partial charge in [0.1, 0.15) is 0 Å². The first-order chi connectivity index (χ1) is 13.6. The van der Waals surface area contributed by atoms with Crippen molar-refractivity contribution >= 4 is 29.6 Å². The summed E-state index contributed by atoms with van der Waals surface area (Å²) >= 11 is 0. The largest absolute Gasteiger partial charge is 0.341 e. The number of carbonyl (C=O) groups is 1. The normalized spacial score (nSPS) is 19.7. The van der Waals surface area contributed by atoms with Gasteiger partial charge in [-0.3, -0.25) is 14.9 Å². The number of ketones is 1. The highest BCUT2D eigenvalue weighted by Gasteiger charge is 2.23. The van der Waals surface area contributed by atoms with E-state index >= 15 is 0 Å². The Labute approximate surface area is 162 Å². The zero-order valence-corrected chi connectivity index (χ0v) is 15.4. The maximum absolute atomic E-state index is 12.7. The number of allylic oxidation sites excluding steroid dienone is 2. The van der Waals surface area contributed by atoms with Crippen LogP contribution in [0, 0.1) is 10.1 Å². The van der Waals surface area contributed by atoms with Crippen LogP contribution >= 0.6 is 0 Å². The minimum atomic E-state index is -0.435. The van der Waals surface area contributed by atoms with Crippen LogP contribution in [0.25, 0.3) is 12.2 Å². The summed E-state index contributed by atoms with van der Waals surface area (Å²) in [6.45, 7) is 1.98. The number of hydrogen-bond acceptors (Lipinski definition) is 6. The minimum absolute atomic E-state index is 0.0184. The Morgan fingerprint density at radius 2 is 1.64 bits per heavy atom. The SMILES string of the molecule is O=C1/C(=C\c2cnc(N3CCCC3)nc2)CC/C1=C\c1cccc([N+](=O)[O-])c1. The van der Waals surface area contributed by atoms with Crippen LogP contribution in [-0.2, 0) is 4.79 Å². The molecule has 4 rings (SSSR count). The lowest BCUT2D eigenvalue weighted by molar-refractivity contribution is -0.384. The number of rotatable bonds is 4. The van der Waals surface area contributed by atoms with Crippen LogP contribution in [0.1, 0.15) is 36.8 Å². The molecule has 0 atom stereocenters. The van der Waals surface area contributed by atoms with Gasteiger partial charge in [0.25, 0.3) is 5.69 Å². The third kappa shape index (κ3) is 3.83. The van der Waals surface area contributed by atoms with E-state index < -0.39 is 4.92 Å². The average molecular weight is 376 g/mol. The molecular formula is C21H20N4O3. The predicted octanol–water partition coefficient (Wildman–Crippen LogP) is 3.81. The standard InChI is InChI=1S/C21H20N4O3/c26-20-17(10-15-4-3-5-19(12-15)25(27)28)6-7-18(20)11-16-13-22-21(23-14-16)24-8-1-2-9-24/h3-5,10-14H,1-2,6-9H2/b17-10+,18-11-. The zero-order chi connectivity index (χ0) is 19.5. The third-order valence-electron chi connectivity index (χ3n) is 5.06. The van der Waals surface area contributed by atoms with Gasteiger partial charge in [-0.15, -0.1) is 0 Å². The van der Waals surface area contributed by atoms with Crippen molar-refractivity contribution in [2.75, 3.05) is 18.0 Å². The van der Waals surface area contributed by atoms with E-state index in [0.717, 1.165) is 24.6 Å². The molecule has 7 heteroatoms. The van der Waals surface area contributed by atoms with Gasteiger partial charge in [-0.1, -0.05) is 12.1 Å². The molecular weight excluding hydrogens is 356 g/mol. The topological polar surface area (TPSA) is 89.2 Å². The fourth-order valence-electron chi connectivity index (χ4n) is 3.59. The van der Waals surface area contributed by atoms with Crippen molar-refractivity contribution in [2.45, 2.75) is 25.7 Å². The summed E-state index contributed by atoms with van der Waals surface area (Å²) in [7, 11) is 0. The molecule has 1 aromatic carbocycles. The molecule has 7 nitrogen and oxygen atoms in total. The molecule has 142 valence electrons. The molecule has 1 saturated heterocycles. The number of Topliss-reactive ketones (excluding diaryl/α,β-unsaturated/α-hetero) is 1. The van der Waals surface area contributed by atoms with Gasteiger partial charge in [-0.2, -0.15) is 0 Å². The Hall–Kier alpha value is -3.35.